The zero-order valence-corrected chi connectivity index (χ0v) is 33.7. The van der Waals surface area contributed by atoms with Crippen molar-refractivity contribution >= 4 is 28.1 Å². The van der Waals surface area contributed by atoms with E-state index in [1.54, 1.807) is 5.57 Å². The summed E-state index contributed by atoms with van der Waals surface area (Å²) in [4.78, 5) is 2.49. The molecule has 0 spiro atoms. The van der Waals surface area contributed by atoms with E-state index in [2.05, 4.69) is 151 Å². The molecule has 2 heterocycles. The number of rotatable bonds is 7. The molecule has 5 unspecified atom stereocenters. The minimum Gasteiger partial charge on any atom is -0.494 e. The highest BCUT2D eigenvalue weighted by Gasteiger charge is 2.43. The molecule has 0 N–H and O–H groups in total. The molecule has 3 aromatic carbocycles. The van der Waals surface area contributed by atoms with Gasteiger partial charge in [0.2, 0.25) is 0 Å². The first-order chi connectivity index (χ1) is 28.6. The van der Waals surface area contributed by atoms with Crippen molar-refractivity contribution in [1.82, 2.24) is 0 Å². The minimum absolute atomic E-state index is 0.0882. The lowest BCUT2D eigenvalue weighted by molar-refractivity contribution is 0.0769. The molecule has 0 bridgehead atoms. The van der Waals surface area contributed by atoms with Crippen LogP contribution in [0.15, 0.2) is 179 Å². The van der Waals surface area contributed by atoms with Gasteiger partial charge in [0.05, 0.1) is 5.76 Å². The highest BCUT2D eigenvalue weighted by molar-refractivity contribution is 5.79. The van der Waals surface area contributed by atoms with Crippen LogP contribution in [-0.2, 0) is 9.47 Å². The summed E-state index contributed by atoms with van der Waals surface area (Å²) in [5, 5.41) is 0. The fourth-order valence-electron chi connectivity index (χ4n) is 11.0. The maximum atomic E-state index is 6.70. The molecule has 0 aromatic heterocycles. The van der Waals surface area contributed by atoms with Gasteiger partial charge in [0.25, 0.3) is 0 Å². The molecular weight excluding hydrogens is 707 g/mol. The fourth-order valence-corrected chi connectivity index (χ4v) is 11.0. The first-order valence-corrected chi connectivity index (χ1v) is 22.1. The molecular formula is C55H53NO2. The summed E-state index contributed by atoms with van der Waals surface area (Å²) in [6.45, 7) is 2.39. The second kappa shape index (κ2) is 15.0. The lowest BCUT2D eigenvalue weighted by Gasteiger charge is -2.33. The number of anilines is 2. The van der Waals surface area contributed by atoms with Crippen LogP contribution in [0.2, 0.25) is 0 Å². The Morgan fingerprint density at radius 3 is 2.10 bits per heavy atom. The average molecular weight is 760 g/mol. The van der Waals surface area contributed by atoms with Crippen molar-refractivity contribution in [3.8, 4) is 0 Å². The number of ether oxygens (including phenoxy) is 2. The fraction of sp³-hybridized carbons (Fsp3) is 0.309. The van der Waals surface area contributed by atoms with Gasteiger partial charge in [-0.3, -0.25) is 0 Å². The van der Waals surface area contributed by atoms with E-state index >= 15 is 0 Å². The van der Waals surface area contributed by atoms with E-state index in [0.717, 1.165) is 51.4 Å². The van der Waals surface area contributed by atoms with E-state index < -0.39 is 0 Å². The molecule has 0 amide bonds. The van der Waals surface area contributed by atoms with Gasteiger partial charge in [-0.2, -0.15) is 0 Å². The van der Waals surface area contributed by atoms with Gasteiger partial charge in [-0.25, -0.2) is 0 Å². The molecule has 5 atom stereocenters. The number of hydrogen-bond acceptors (Lipinski definition) is 3. The van der Waals surface area contributed by atoms with Gasteiger partial charge in [0, 0.05) is 53.2 Å². The Hall–Kier alpha value is -5.54. The van der Waals surface area contributed by atoms with Crippen LogP contribution in [0.1, 0.15) is 94.2 Å². The zero-order chi connectivity index (χ0) is 38.6. The summed E-state index contributed by atoms with van der Waals surface area (Å²) in [5.74, 6) is 3.79. The number of benzene rings is 3. The predicted octanol–water partition coefficient (Wildman–Crippen LogP) is 14.1. The number of hydrogen-bond donors (Lipinski definition) is 0. The largest absolute Gasteiger partial charge is 0.494 e. The molecule has 58 heavy (non-hydrogen) atoms. The van der Waals surface area contributed by atoms with Gasteiger partial charge in [-0.15, -0.1) is 0 Å². The summed E-state index contributed by atoms with van der Waals surface area (Å²) in [5.41, 5.74) is 17.7. The Balaban J connectivity index is 0.878. The smallest absolute Gasteiger partial charge is 0.128 e. The van der Waals surface area contributed by atoms with Crippen molar-refractivity contribution in [3.63, 3.8) is 0 Å². The van der Waals surface area contributed by atoms with Crippen molar-refractivity contribution in [1.29, 1.82) is 0 Å². The summed E-state index contributed by atoms with van der Waals surface area (Å²) in [6.07, 6.45) is 36.3. The van der Waals surface area contributed by atoms with E-state index in [9.17, 15) is 0 Å². The second-order valence-electron chi connectivity index (χ2n) is 17.5. The third kappa shape index (κ3) is 6.44. The van der Waals surface area contributed by atoms with Crippen LogP contribution in [0.3, 0.4) is 0 Å². The first-order valence-electron chi connectivity index (χ1n) is 22.1. The van der Waals surface area contributed by atoms with E-state index in [-0.39, 0.29) is 12.2 Å². The Bertz CT molecular complexity index is 2440. The van der Waals surface area contributed by atoms with Crippen molar-refractivity contribution in [3.05, 3.63) is 196 Å². The molecule has 11 rings (SSSR count). The number of nitrogens with zero attached hydrogens (tertiary/aromatic N) is 1. The first kappa shape index (κ1) is 35.6. The average Bonchev–Trinajstić information content (AvgIpc) is 3.87. The molecule has 0 saturated heterocycles. The zero-order valence-electron chi connectivity index (χ0n) is 33.7. The second-order valence-corrected chi connectivity index (χ2v) is 17.5. The molecule has 0 radical (unpaired) electrons. The summed E-state index contributed by atoms with van der Waals surface area (Å²) in [7, 11) is 0. The summed E-state index contributed by atoms with van der Waals surface area (Å²) >= 11 is 0. The van der Waals surface area contributed by atoms with Crippen LogP contribution in [-0.4, -0.2) is 12.2 Å². The van der Waals surface area contributed by atoms with Crippen molar-refractivity contribution < 1.29 is 9.47 Å². The molecule has 6 aliphatic carbocycles. The van der Waals surface area contributed by atoms with E-state index in [1.165, 1.54) is 98.0 Å². The van der Waals surface area contributed by atoms with Crippen LogP contribution < -0.4 is 4.90 Å². The van der Waals surface area contributed by atoms with Gasteiger partial charge in [0.15, 0.2) is 0 Å². The van der Waals surface area contributed by atoms with Gasteiger partial charge < -0.3 is 14.4 Å². The lowest BCUT2D eigenvalue weighted by atomic mass is 9.73. The highest BCUT2D eigenvalue weighted by Crippen LogP contribution is 2.50. The highest BCUT2D eigenvalue weighted by atomic mass is 16.5. The third-order valence-corrected chi connectivity index (χ3v) is 14.2. The van der Waals surface area contributed by atoms with Crippen LogP contribution in [0, 0.1) is 17.8 Å². The number of allylic oxidation sites excluding steroid dienone is 15. The summed E-state index contributed by atoms with van der Waals surface area (Å²) in [6, 6.07) is 29.4. The van der Waals surface area contributed by atoms with E-state index in [4.69, 9.17) is 9.47 Å². The van der Waals surface area contributed by atoms with Crippen molar-refractivity contribution in [2.45, 2.75) is 89.8 Å². The Kier molecular flexibility index (Phi) is 9.21. The van der Waals surface area contributed by atoms with E-state index in [0.29, 0.717) is 17.8 Å². The van der Waals surface area contributed by atoms with Crippen molar-refractivity contribution in [2.75, 3.05) is 4.90 Å². The molecule has 2 aliphatic heterocycles. The molecule has 0 saturated carbocycles. The van der Waals surface area contributed by atoms with Gasteiger partial charge in [-0.05, 0) is 144 Å². The Morgan fingerprint density at radius 1 is 0.621 bits per heavy atom. The van der Waals surface area contributed by atoms with Gasteiger partial charge in [0.1, 0.15) is 18.0 Å². The third-order valence-electron chi connectivity index (χ3n) is 14.2. The maximum Gasteiger partial charge on any atom is 0.128 e. The quantitative estimate of drug-likeness (QED) is 0.239. The predicted molar refractivity (Wildman–Crippen MR) is 239 cm³/mol. The molecule has 290 valence electrons. The molecule has 3 heteroatoms. The molecule has 8 aliphatic rings. The summed E-state index contributed by atoms with van der Waals surface area (Å²) < 4.78 is 13.2. The van der Waals surface area contributed by atoms with Crippen LogP contribution in [0.5, 0.6) is 0 Å². The van der Waals surface area contributed by atoms with E-state index in [1.807, 2.05) is 0 Å². The minimum atomic E-state index is 0.0882. The molecule has 3 aromatic rings. The SMILES string of the molecule is CC1C(c2ccc(N(C3=CC=C(C4=CC=C(c5ccccc5)CC4)CC3)c3ccc(C4=CC5OC6=C(C=CCC6)C5C=C4)cc3)cc2)=CCC2C3=C(CCCC3)OC12. The molecule has 0 fully saturated rings. The monoisotopic (exact) mass is 759 g/mol. The Labute approximate surface area is 344 Å². The Morgan fingerprint density at radius 2 is 1.34 bits per heavy atom. The molecule has 3 nitrogen and oxygen atoms in total. The lowest BCUT2D eigenvalue weighted by Crippen LogP contribution is -2.30. The van der Waals surface area contributed by atoms with Gasteiger partial charge >= 0.3 is 0 Å². The number of fused-ring (bicyclic) bond motifs is 4. The normalized spacial score (nSPS) is 27.1. The van der Waals surface area contributed by atoms with Gasteiger partial charge in [-0.1, -0.05) is 110 Å². The van der Waals surface area contributed by atoms with Crippen molar-refractivity contribution in [2.24, 2.45) is 17.8 Å². The van der Waals surface area contributed by atoms with Crippen LogP contribution >= 0.6 is 0 Å². The van der Waals surface area contributed by atoms with Crippen LogP contribution in [0.4, 0.5) is 11.4 Å². The van der Waals surface area contributed by atoms with Crippen LogP contribution in [0.25, 0.3) is 16.7 Å². The standard InChI is InChI=1S/C55H53NO2/c1-36-47(33-34-51-49-12-6-8-14-53(49)58-55(36)51)42-23-30-46(31-24-42)56(44-26-19-40(20-27-44)39-17-15-38(16-18-39)37-9-3-2-4-10-37)45-28-21-41(22-29-45)43-25-32-50-48-11-5-7-13-52(48)57-54(50)35-43/h2-5,9-11,15,17,19,21-26,28-33,35-36,50-51,54-55H,6-8,12-14,16,18,20,27,34H2,1H3. The maximum absolute atomic E-state index is 6.70. The topological polar surface area (TPSA) is 21.7 Å².